The van der Waals surface area contributed by atoms with Gasteiger partial charge < -0.3 is 5.73 Å². The maximum Gasteiger partial charge on any atom is 0.0941 e. The van der Waals surface area contributed by atoms with Gasteiger partial charge in [0.2, 0.25) is 0 Å². The van der Waals surface area contributed by atoms with Crippen LogP contribution in [0.3, 0.4) is 0 Å². The number of benzene rings is 1. The molecule has 4 heteroatoms. The van der Waals surface area contributed by atoms with Gasteiger partial charge in [0.1, 0.15) is 0 Å². The van der Waals surface area contributed by atoms with Gasteiger partial charge in [-0.2, -0.15) is 0 Å². The van der Waals surface area contributed by atoms with E-state index in [0.29, 0.717) is 5.92 Å². The normalized spacial score (nSPS) is 13.2. The lowest BCUT2D eigenvalue weighted by atomic mass is 10.0. The first-order valence-corrected chi connectivity index (χ1v) is 7.09. The molecule has 0 radical (unpaired) electrons. The third kappa shape index (κ3) is 2.62. The van der Waals surface area contributed by atoms with Crippen LogP contribution in [-0.2, 0) is 6.42 Å². The maximum absolute atomic E-state index is 5.72. The number of halogens is 1. The minimum Gasteiger partial charge on any atom is -0.330 e. The van der Waals surface area contributed by atoms with E-state index in [1.807, 2.05) is 6.07 Å². The van der Waals surface area contributed by atoms with E-state index in [2.05, 4.69) is 40.0 Å². The van der Waals surface area contributed by atoms with Crippen molar-refractivity contribution in [3.05, 3.63) is 27.7 Å². The highest BCUT2D eigenvalue weighted by atomic mass is 79.9. The van der Waals surface area contributed by atoms with Crippen LogP contribution in [0.5, 0.6) is 0 Å². The summed E-state index contributed by atoms with van der Waals surface area (Å²) in [5, 5.41) is 1.20. The molecular formula is C12H15BrN2S. The molecule has 0 amide bonds. The number of nitrogens with zero attached hydrogens (tertiary/aromatic N) is 1. The molecule has 2 N–H and O–H groups in total. The Kier molecular flexibility index (Phi) is 3.95. The van der Waals surface area contributed by atoms with Crippen LogP contribution in [0, 0.1) is 5.92 Å². The van der Waals surface area contributed by atoms with Crippen molar-refractivity contribution in [3.63, 3.8) is 0 Å². The van der Waals surface area contributed by atoms with Gasteiger partial charge in [0.05, 0.1) is 15.2 Å². The zero-order valence-corrected chi connectivity index (χ0v) is 11.6. The van der Waals surface area contributed by atoms with E-state index in [1.54, 1.807) is 11.3 Å². The predicted octanol–water partition coefficient (Wildman–Crippen LogP) is 3.59. The number of nitrogens with two attached hydrogens (primary N) is 1. The lowest BCUT2D eigenvalue weighted by molar-refractivity contribution is 0.518. The Morgan fingerprint density at radius 3 is 3.00 bits per heavy atom. The van der Waals surface area contributed by atoms with E-state index in [-0.39, 0.29) is 0 Å². The number of rotatable bonds is 4. The highest BCUT2D eigenvalue weighted by molar-refractivity contribution is 9.10. The molecule has 0 saturated carbocycles. The summed E-state index contributed by atoms with van der Waals surface area (Å²) in [7, 11) is 0. The molecule has 0 aliphatic heterocycles. The average molecular weight is 299 g/mol. The second-order valence-electron chi connectivity index (χ2n) is 3.93. The van der Waals surface area contributed by atoms with Crippen molar-refractivity contribution in [1.82, 2.24) is 4.98 Å². The molecular weight excluding hydrogens is 284 g/mol. The van der Waals surface area contributed by atoms with Crippen LogP contribution in [0.1, 0.15) is 18.4 Å². The predicted molar refractivity (Wildman–Crippen MR) is 73.9 cm³/mol. The van der Waals surface area contributed by atoms with Gasteiger partial charge in [0.15, 0.2) is 0 Å². The Morgan fingerprint density at radius 2 is 2.31 bits per heavy atom. The van der Waals surface area contributed by atoms with Crippen LogP contribution in [-0.4, -0.2) is 11.5 Å². The van der Waals surface area contributed by atoms with Gasteiger partial charge in [-0.25, -0.2) is 4.98 Å². The van der Waals surface area contributed by atoms with Crippen molar-refractivity contribution >= 4 is 37.5 Å². The molecule has 16 heavy (non-hydrogen) atoms. The largest absolute Gasteiger partial charge is 0.330 e. The molecule has 0 spiro atoms. The van der Waals surface area contributed by atoms with Crippen LogP contribution >= 0.6 is 27.3 Å². The quantitative estimate of drug-likeness (QED) is 0.937. The highest BCUT2D eigenvalue weighted by Crippen LogP contribution is 2.27. The smallest absolute Gasteiger partial charge is 0.0941 e. The minimum atomic E-state index is 0.559. The molecule has 2 rings (SSSR count). The van der Waals surface area contributed by atoms with Crippen LogP contribution in [0.15, 0.2) is 22.7 Å². The Bertz CT molecular complexity index is 477. The second kappa shape index (κ2) is 5.25. The molecule has 86 valence electrons. The van der Waals surface area contributed by atoms with Crippen LogP contribution < -0.4 is 5.73 Å². The van der Waals surface area contributed by atoms with E-state index < -0.39 is 0 Å². The van der Waals surface area contributed by atoms with E-state index in [9.17, 15) is 0 Å². The van der Waals surface area contributed by atoms with Gasteiger partial charge in [-0.3, -0.25) is 0 Å². The third-order valence-corrected chi connectivity index (χ3v) is 4.30. The van der Waals surface area contributed by atoms with Crippen LogP contribution in [0.2, 0.25) is 0 Å². The molecule has 0 bridgehead atoms. The highest BCUT2D eigenvalue weighted by Gasteiger charge is 2.09. The lowest BCUT2D eigenvalue weighted by Gasteiger charge is -2.08. The molecule has 0 fully saturated rings. The molecule has 1 unspecified atom stereocenters. The van der Waals surface area contributed by atoms with Crippen molar-refractivity contribution in [1.29, 1.82) is 0 Å². The van der Waals surface area contributed by atoms with Gasteiger partial charge >= 0.3 is 0 Å². The summed E-state index contributed by atoms with van der Waals surface area (Å²) in [5.41, 5.74) is 6.81. The average Bonchev–Trinajstić information content (AvgIpc) is 2.67. The van der Waals surface area contributed by atoms with E-state index >= 15 is 0 Å². The Hall–Kier alpha value is -0.450. The monoisotopic (exact) mass is 298 g/mol. The SMILES string of the molecule is CCC(CN)Cc1nc2ccc(Br)cc2s1. The van der Waals surface area contributed by atoms with Crippen molar-refractivity contribution in [2.75, 3.05) is 6.54 Å². The first-order chi connectivity index (χ1) is 7.72. The molecule has 1 atom stereocenters. The molecule has 2 aromatic rings. The molecule has 1 aromatic carbocycles. The number of fused-ring (bicyclic) bond motifs is 1. The molecule has 0 aliphatic rings. The van der Waals surface area contributed by atoms with Gasteiger partial charge in [-0.05, 0) is 30.7 Å². The fourth-order valence-corrected chi connectivity index (χ4v) is 3.31. The van der Waals surface area contributed by atoms with Gasteiger partial charge in [0, 0.05) is 10.9 Å². The third-order valence-electron chi connectivity index (χ3n) is 2.77. The Balaban J connectivity index is 2.25. The zero-order valence-electron chi connectivity index (χ0n) is 9.24. The fourth-order valence-electron chi connectivity index (χ4n) is 1.67. The molecule has 1 aromatic heterocycles. The Morgan fingerprint density at radius 1 is 1.50 bits per heavy atom. The van der Waals surface area contributed by atoms with Gasteiger partial charge in [0.25, 0.3) is 0 Å². The summed E-state index contributed by atoms with van der Waals surface area (Å²) >= 11 is 5.25. The van der Waals surface area contributed by atoms with Crippen molar-refractivity contribution in [3.8, 4) is 0 Å². The zero-order chi connectivity index (χ0) is 11.5. The van der Waals surface area contributed by atoms with E-state index in [4.69, 9.17) is 5.73 Å². The first-order valence-electron chi connectivity index (χ1n) is 5.48. The van der Waals surface area contributed by atoms with Crippen molar-refractivity contribution in [2.45, 2.75) is 19.8 Å². The van der Waals surface area contributed by atoms with Gasteiger partial charge in [-0.15, -0.1) is 11.3 Å². The summed E-state index contributed by atoms with van der Waals surface area (Å²) in [4.78, 5) is 4.63. The number of hydrogen-bond donors (Lipinski definition) is 1. The molecule has 2 nitrogen and oxygen atoms in total. The van der Waals surface area contributed by atoms with Crippen molar-refractivity contribution < 1.29 is 0 Å². The number of hydrogen-bond acceptors (Lipinski definition) is 3. The maximum atomic E-state index is 5.72. The fraction of sp³-hybridized carbons (Fsp3) is 0.417. The van der Waals surface area contributed by atoms with Gasteiger partial charge in [-0.1, -0.05) is 29.3 Å². The second-order valence-corrected chi connectivity index (χ2v) is 5.96. The molecule has 1 heterocycles. The van der Waals surface area contributed by atoms with Crippen LogP contribution in [0.25, 0.3) is 10.2 Å². The molecule has 0 aliphatic carbocycles. The topological polar surface area (TPSA) is 38.9 Å². The standard InChI is InChI=1S/C12H15BrN2S/c1-2-8(7-14)5-12-15-10-4-3-9(13)6-11(10)16-12/h3-4,6,8H,2,5,7,14H2,1H3. The van der Waals surface area contributed by atoms with E-state index in [0.717, 1.165) is 29.4 Å². The summed E-state index contributed by atoms with van der Waals surface area (Å²) in [6.45, 7) is 2.93. The van der Waals surface area contributed by atoms with E-state index in [1.165, 1.54) is 9.71 Å². The summed E-state index contributed by atoms with van der Waals surface area (Å²) < 4.78 is 2.36. The summed E-state index contributed by atoms with van der Waals surface area (Å²) in [5.74, 6) is 0.559. The summed E-state index contributed by atoms with van der Waals surface area (Å²) in [6.07, 6.45) is 2.13. The summed E-state index contributed by atoms with van der Waals surface area (Å²) in [6, 6.07) is 6.22. The molecule has 0 saturated heterocycles. The van der Waals surface area contributed by atoms with Crippen molar-refractivity contribution in [2.24, 2.45) is 11.7 Å². The number of thiazole rings is 1. The minimum absolute atomic E-state index is 0.559. The van der Waals surface area contributed by atoms with Crippen LogP contribution in [0.4, 0.5) is 0 Å². The Labute approximate surface area is 108 Å². The first kappa shape index (κ1) is 12.0. The lowest BCUT2D eigenvalue weighted by Crippen LogP contribution is -2.15. The number of aromatic nitrogens is 1.